The molecule has 4 aromatic rings. The number of pyridine rings is 1. The number of alkyl halides is 3. The number of carbonyl (C=O) groups excluding carboxylic acids is 2. The predicted molar refractivity (Wildman–Crippen MR) is 124 cm³/mol. The van der Waals surface area contributed by atoms with Crippen molar-refractivity contribution in [2.75, 3.05) is 20.2 Å². The van der Waals surface area contributed by atoms with Crippen molar-refractivity contribution < 1.29 is 31.9 Å². The molecule has 0 bridgehead atoms. The highest BCUT2D eigenvalue weighted by molar-refractivity contribution is 6.33. The molecule has 7 nitrogen and oxygen atoms in total. The average molecular weight is 518 g/mol. The van der Waals surface area contributed by atoms with Gasteiger partial charge < -0.3 is 14.1 Å². The zero-order valence-corrected chi connectivity index (χ0v) is 19.6. The van der Waals surface area contributed by atoms with Crippen LogP contribution in [-0.4, -0.2) is 46.4 Å². The summed E-state index contributed by atoms with van der Waals surface area (Å²) in [6.45, 7) is 0.669. The number of imidazole rings is 1. The highest BCUT2D eigenvalue weighted by Gasteiger charge is 2.37. The fraction of sp³-hybridized carbons (Fsp3) is 0.240. The molecule has 1 amide bonds. The number of carbonyl (C=O) groups is 2. The van der Waals surface area contributed by atoms with Gasteiger partial charge in [0.1, 0.15) is 5.15 Å². The minimum Gasteiger partial charge on any atom is -0.472 e. The summed E-state index contributed by atoms with van der Waals surface area (Å²) >= 11 is 6.42. The van der Waals surface area contributed by atoms with Gasteiger partial charge in [-0.15, -0.1) is 0 Å². The third-order valence-electron chi connectivity index (χ3n) is 6.28. The first-order chi connectivity index (χ1) is 17.2. The van der Waals surface area contributed by atoms with E-state index in [4.69, 9.17) is 20.8 Å². The minimum atomic E-state index is -4.72. The molecule has 36 heavy (non-hydrogen) atoms. The molecule has 11 heteroatoms. The number of esters is 1. The molecule has 0 N–H and O–H groups in total. The van der Waals surface area contributed by atoms with Crippen LogP contribution >= 0.6 is 11.6 Å². The van der Waals surface area contributed by atoms with Gasteiger partial charge in [-0.2, -0.15) is 13.2 Å². The molecule has 5 rings (SSSR count). The van der Waals surface area contributed by atoms with E-state index >= 15 is 0 Å². The first kappa shape index (κ1) is 23.9. The van der Waals surface area contributed by atoms with Crippen molar-refractivity contribution in [3.63, 3.8) is 0 Å². The van der Waals surface area contributed by atoms with Gasteiger partial charge in [0.2, 0.25) is 0 Å². The summed E-state index contributed by atoms with van der Waals surface area (Å²) in [5.41, 5.74) is 0.182. The Morgan fingerprint density at radius 1 is 1.19 bits per heavy atom. The van der Waals surface area contributed by atoms with Crippen molar-refractivity contribution in [2.45, 2.75) is 18.5 Å². The van der Waals surface area contributed by atoms with Gasteiger partial charge in [0, 0.05) is 36.3 Å². The van der Waals surface area contributed by atoms with E-state index in [-0.39, 0.29) is 22.3 Å². The number of hydrogen-bond donors (Lipinski definition) is 0. The lowest BCUT2D eigenvalue weighted by molar-refractivity contribution is -0.136. The van der Waals surface area contributed by atoms with Crippen LogP contribution in [0.5, 0.6) is 0 Å². The summed E-state index contributed by atoms with van der Waals surface area (Å²) in [6, 6.07) is 9.43. The molecule has 0 aliphatic carbocycles. The van der Waals surface area contributed by atoms with E-state index in [9.17, 15) is 22.8 Å². The Morgan fingerprint density at radius 2 is 2.00 bits per heavy atom. The summed E-state index contributed by atoms with van der Waals surface area (Å²) in [5, 5.41) is -0.206. The normalized spacial score (nSPS) is 16.0. The van der Waals surface area contributed by atoms with Gasteiger partial charge in [-0.1, -0.05) is 23.7 Å². The number of nitrogens with zero attached hydrogens (tertiary/aromatic N) is 3. The van der Waals surface area contributed by atoms with Crippen molar-refractivity contribution in [1.29, 1.82) is 0 Å². The number of aromatic nitrogens is 2. The molecule has 1 aliphatic rings. The second kappa shape index (κ2) is 9.02. The molecule has 1 aliphatic heterocycles. The number of rotatable bonds is 4. The predicted octanol–water partition coefficient (Wildman–Crippen LogP) is 5.68. The maximum atomic E-state index is 13.9. The molecule has 1 aromatic carbocycles. The van der Waals surface area contributed by atoms with E-state index in [1.54, 1.807) is 18.2 Å². The molecule has 3 aromatic heterocycles. The van der Waals surface area contributed by atoms with Crippen molar-refractivity contribution in [3.8, 4) is 11.1 Å². The van der Waals surface area contributed by atoms with E-state index in [0.29, 0.717) is 30.6 Å². The molecule has 0 radical (unpaired) electrons. The van der Waals surface area contributed by atoms with E-state index in [2.05, 4.69) is 4.98 Å². The summed E-state index contributed by atoms with van der Waals surface area (Å²) in [7, 11) is 1.30. The highest BCUT2D eigenvalue weighted by atomic mass is 35.5. The lowest BCUT2D eigenvalue weighted by atomic mass is 9.97. The van der Waals surface area contributed by atoms with Crippen LogP contribution in [0.3, 0.4) is 0 Å². The first-order valence-electron chi connectivity index (χ1n) is 11.0. The van der Waals surface area contributed by atoms with Crippen LogP contribution in [0.25, 0.3) is 16.8 Å². The maximum absolute atomic E-state index is 13.9. The van der Waals surface area contributed by atoms with Gasteiger partial charge in [0.25, 0.3) is 5.91 Å². The Labute approximate surface area is 208 Å². The third-order valence-corrected chi connectivity index (χ3v) is 6.64. The number of methoxy groups -OCH3 is 1. The molecule has 0 spiro atoms. The van der Waals surface area contributed by atoms with Gasteiger partial charge in [-0.25, -0.2) is 9.78 Å². The Hall–Kier alpha value is -3.79. The quantitative estimate of drug-likeness (QED) is 0.325. The molecule has 186 valence electrons. The maximum Gasteiger partial charge on any atom is 0.420 e. The zero-order chi connectivity index (χ0) is 25.6. The molecular formula is C25H19ClF3N3O4. The van der Waals surface area contributed by atoms with Crippen molar-refractivity contribution in [2.24, 2.45) is 0 Å². The van der Waals surface area contributed by atoms with Crippen molar-refractivity contribution >= 4 is 29.1 Å². The van der Waals surface area contributed by atoms with Gasteiger partial charge in [-0.05, 0) is 36.2 Å². The van der Waals surface area contributed by atoms with Crippen LogP contribution in [-0.2, 0) is 10.9 Å². The Balaban J connectivity index is 1.47. The molecular weight excluding hydrogens is 499 g/mol. The Bertz CT molecular complexity index is 1460. The number of benzene rings is 1. The fourth-order valence-electron chi connectivity index (χ4n) is 4.45. The van der Waals surface area contributed by atoms with Crippen LogP contribution in [0.15, 0.2) is 59.5 Å². The number of ether oxygens (including phenoxy) is 1. The number of fused-ring (bicyclic) bond motifs is 1. The second-order valence-electron chi connectivity index (χ2n) is 8.45. The molecule has 4 heterocycles. The number of amides is 1. The molecule has 1 atom stereocenters. The van der Waals surface area contributed by atoms with E-state index in [1.165, 1.54) is 36.8 Å². The average Bonchev–Trinajstić information content (AvgIpc) is 3.63. The van der Waals surface area contributed by atoms with E-state index < -0.39 is 29.3 Å². The highest BCUT2D eigenvalue weighted by Crippen LogP contribution is 2.38. The van der Waals surface area contributed by atoms with Crippen LogP contribution < -0.4 is 0 Å². The van der Waals surface area contributed by atoms with Crippen LogP contribution in [0, 0.1) is 0 Å². The first-order valence-corrected chi connectivity index (χ1v) is 11.3. The van der Waals surface area contributed by atoms with Crippen LogP contribution in [0.2, 0.25) is 5.15 Å². The van der Waals surface area contributed by atoms with Crippen molar-refractivity contribution in [3.05, 3.63) is 82.7 Å². The van der Waals surface area contributed by atoms with Gasteiger partial charge >= 0.3 is 12.1 Å². The minimum absolute atomic E-state index is 0.0622. The number of halogens is 4. The molecule has 1 saturated heterocycles. The zero-order valence-electron chi connectivity index (χ0n) is 18.9. The molecule has 1 fully saturated rings. The van der Waals surface area contributed by atoms with Gasteiger partial charge in [-0.3, -0.25) is 9.20 Å². The van der Waals surface area contributed by atoms with Crippen LogP contribution in [0.4, 0.5) is 13.2 Å². The molecule has 1 unspecified atom stereocenters. The Kier molecular flexibility index (Phi) is 5.99. The number of furan rings is 1. The fourth-order valence-corrected chi connectivity index (χ4v) is 4.70. The standard InChI is InChI=1S/C25H19ClF3N3O4/c1-35-24(34)15-4-2-3-14(9-15)16-5-7-31(11-16)23(33)20-21(26)32-12-18(17-6-8-36-13-17)10-19(22(32)30-20)25(27,28)29/h2-4,6,8-10,12-13,16H,5,7,11H2,1H3. The number of likely N-dealkylation sites (tertiary alicyclic amines) is 1. The monoisotopic (exact) mass is 517 g/mol. The summed E-state index contributed by atoms with van der Waals surface area (Å²) < 4.78 is 52.5. The number of hydrogen-bond acceptors (Lipinski definition) is 5. The Morgan fingerprint density at radius 3 is 2.69 bits per heavy atom. The SMILES string of the molecule is COC(=O)c1cccc(C2CCN(C(=O)c3nc4c(C(F)(F)F)cc(-c5ccoc5)cn4c3Cl)C2)c1. The summed E-state index contributed by atoms with van der Waals surface area (Å²) in [4.78, 5) is 30.7. The van der Waals surface area contributed by atoms with E-state index in [1.807, 2.05) is 6.07 Å². The third kappa shape index (κ3) is 4.21. The largest absolute Gasteiger partial charge is 0.472 e. The van der Waals surface area contributed by atoms with Gasteiger partial charge in [0.15, 0.2) is 11.3 Å². The topological polar surface area (TPSA) is 77.0 Å². The lowest BCUT2D eigenvalue weighted by Gasteiger charge is -2.16. The second-order valence-corrected chi connectivity index (χ2v) is 8.81. The smallest absolute Gasteiger partial charge is 0.420 e. The van der Waals surface area contributed by atoms with Crippen LogP contribution in [0.1, 0.15) is 44.3 Å². The molecule has 0 saturated carbocycles. The lowest BCUT2D eigenvalue weighted by Crippen LogP contribution is -2.29. The van der Waals surface area contributed by atoms with Crippen molar-refractivity contribution in [1.82, 2.24) is 14.3 Å². The summed E-state index contributed by atoms with van der Waals surface area (Å²) in [5.74, 6) is -1.09. The van der Waals surface area contributed by atoms with Gasteiger partial charge in [0.05, 0.1) is 30.8 Å². The summed E-state index contributed by atoms with van der Waals surface area (Å²) in [6.07, 6.45) is -0.0501. The van der Waals surface area contributed by atoms with E-state index in [0.717, 1.165) is 16.0 Å².